The number of carbonyl (C=O) groups is 3. The highest BCUT2D eigenvalue weighted by Gasteiger charge is 2.16. The summed E-state index contributed by atoms with van der Waals surface area (Å²) in [4.78, 5) is 35.0. The van der Waals surface area contributed by atoms with E-state index in [1.54, 1.807) is 30.3 Å². The fraction of sp³-hybridized carbons (Fsp3) is 0.500. The van der Waals surface area contributed by atoms with Crippen LogP contribution in [-0.4, -0.2) is 24.4 Å². The molecule has 2 rings (SSSR count). The Balaban J connectivity index is 1.58. The molecule has 1 aromatic rings. The van der Waals surface area contributed by atoms with Crippen molar-refractivity contribution in [1.29, 1.82) is 0 Å². The quantitative estimate of drug-likeness (QED) is 0.618. The molecule has 0 unspecified atom stereocenters. The van der Waals surface area contributed by atoms with Crippen LogP contribution in [0.5, 0.6) is 0 Å². The van der Waals surface area contributed by atoms with Crippen molar-refractivity contribution in [3.63, 3.8) is 0 Å². The molecule has 1 aromatic carbocycles. The minimum Gasteiger partial charge on any atom is -0.455 e. The van der Waals surface area contributed by atoms with Crippen LogP contribution in [0.4, 0.5) is 0 Å². The van der Waals surface area contributed by atoms with E-state index in [2.05, 4.69) is 10.9 Å². The van der Waals surface area contributed by atoms with Crippen LogP contribution in [-0.2, 0) is 14.3 Å². The van der Waals surface area contributed by atoms with E-state index in [-0.39, 0.29) is 5.97 Å². The molecule has 0 heterocycles. The number of amides is 2. The summed E-state index contributed by atoms with van der Waals surface area (Å²) in [6.45, 7) is -0.390. The smallest absolute Gasteiger partial charge is 0.306 e. The van der Waals surface area contributed by atoms with E-state index in [1.165, 1.54) is 32.1 Å². The lowest BCUT2D eigenvalue weighted by Crippen LogP contribution is -2.43. The normalized spacial score (nSPS) is 14.7. The zero-order valence-corrected chi connectivity index (χ0v) is 13.8. The van der Waals surface area contributed by atoms with Crippen LogP contribution in [0.25, 0.3) is 0 Å². The predicted molar refractivity (Wildman–Crippen MR) is 88.8 cm³/mol. The molecule has 24 heavy (non-hydrogen) atoms. The maximum atomic E-state index is 11.7. The lowest BCUT2D eigenvalue weighted by molar-refractivity contribution is -0.149. The number of esters is 1. The number of hydrogen-bond acceptors (Lipinski definition) is 4. The van der Waals surface area contributed by atoms with Gasteiger partial charge in [0.25, 0.3) is 11.8 Å². The Bertz CT molecular complexity index is 553. The zero-order valence-electron chi connectivity index (χ0n) is 13.8. The fourth-order valence-corrected chi connectivity index (χ4v) is 2.84. The maximum Gasteiger partial charge on any atom is 0.306 e. The number of hydrogen-bond donors (Lipinski definition) is 2. The number of ether oxygens (including phenoxy) is 1. The molecule has 1 aliphatic carbocycles. The molecule has 0 atom stereocenters. The molecule has 2 N–H and O–H groups in total. The summed E-state index contributed by atoms with van der Waals surface area (Å²) in [5, 5.41) is 0. The van der Waals surface area contributed by atoms with Crippen LogP contribution in [0.15, 0.2) is 30.3 Å². The molecule has 0 spiro atoms. The van der Waals surface area contributed by atoms with Crippen molar-refractivity contribution in [1.82, 2.24) is 10.9 Å². The van der Waals surface area contributed by atoms with Crippen LogP contribution in [0.3, 0.4) is 0 Å². The Hall–Kier alpha value is -2.37. The van der Waals surface area contributed by atoms with Gasteiger partial charge in [-0.3, -0.25) is 25.2 Å². The molecule has 0 aromatic heterocycles. The number of rotatable bonds is 6. The van der Waals surface area contributed by atoms with E-state index in [0.29, 0.717) is 17.9 Å². The second-order valence-electron chi connectivity index (χ2n) is 6.07. The van der Waals surface area contributed by atoms with Crippen LogP contribution in [0, 0.1) is 5.92 Å². The number of benzene rings is 1. The predicted octanol–water partition coefficient (Wildman–Crippen LogP) is 2.35. The molecule has 0 saturated heterocycles. The molecule has 0 bridgehead atoms. The average Bonchev–Trinajstić information content (AvgIpc) is 2.64. The van der Waals surface area contributed by atoms with Gasteiger partial charge in [-0.25, -0.2) is 0 Å². The second kappa shape index (κ2) is 9.70. The summed E-state index contributed by atoms with van der Waals surface area (Å²) in [7, 11) is 0. The van der Waals surface area contributed by atoms with Gasteiger partial charge in [0.1, 0.15) is 0 Å². The highest BCUT2D eigenvalue weighted by Crippen LogP contribution is 2.27. The van der Waals surface area contributed by atoms with E-state index < -0.39 is 18.4 Å². The highest BCUT2D eigenvalue weighted by molar-refractivity contribution is 5.95. The second-order valence-corrected chi connectivity index (χ2v) is 6.07. The van der Waals surface area contributed by atoms with E-state index in [4.69, 9.17) is 4.74 Å². The van der Waals surface area contributed by atoms with Crippen molar-refractivity contribution in [2.24, 2.45) is 5.92 Å². The van der Waals surface area contributed by atoms with E-state index >= 15 is 0 Å². The summed E-state index contributed by atoms with van der Waals surface area (Å²) in [6.07, 6.45) is 7.29. The average molecular weight is 332 g/mol. The first-order valence-electron chi connectivity index (χ1n) is 8.45. The molecule has 0 radical (unpaired) electrons. The molecule has 0 aliphatic heterocycles. The van der Waals surface area contributed by atoms with Gasteiger partial charge in [-0.05, 0) is 24.5 Å². The van der Waals surface area contributed by atoms with Crippen molar-refractivity contribution in [2.45, 2.75) is 44.9 Å². The third kappa shape index (κ3) is 6.40. The largest absolute Gasteiger partial charge is 0.455 e. The maximum absolute atomic E-state index is 11.7. The SMILES string of the molecule is O=C(COC(=O)CCC1CCCCC1)NNC(=O)c1ccccc1. The Kier molecular flexibility index (Phi) is 7.26. The van der Waals surface area contributed by atoms with Gasteiger partial charge in [-0.15, -0.1) is 0 Å². The molecule has 1 aliphatic rings. The summed E-state index contributed by atoms with van der Waals surface area (Å²) in [5.41, 5.74) is 4.94. The minimum atomic E-state index is -0.565. The fourth-order valence-electron chi connectivity index (χ4n) is 2.84. The molecule has 130 valence electrons. The van der Waals surface area contributed by atoms with E-state index in [0.717, 1.165) is 6.42 Å². The molecule has 1 fully saturated rings. The first-order chi connectivity index (χ1) is 11.6. The van der Waals surface area contributed by atoms with Crippen molar-refractivity contribution in [2.75, 3.05) is 6.61 Å². The Labute approximate surface area is 141 Å². The third-order valence-electron chi connectivity index (χ3n) is 4.20. The lowest BCUT2D eigenvalue weighted by Gasteiger charge is -2.20. The monoisotopic (exact) mass is 332 g/mol. The standard InChI is InChI=1S/C18H24N2O4/c21-16(19-20-18(23)15-9-5-2-6-10-15)13-24-17(22)12-11-14-7-3-1-4-8-14/h2,5-6,9-10,14H,1,3-4,7-8,11-13H2,(H,19,21)(H,20,23). The lowest BCUT2D eigenvalue weighted by atomic mass is 9.86. The van der Waals surface area contributed by atoms with Crippen molar-refractivity contribution < 1.29 is 19.1 Å². The van der Waals surface area contributed by atoms with Gasteiger partial charge in [0.15, 0.2) is 6.61 Å². The van der Waals surface area contributed by atoms with Crippen molar-refractivity contribution in [3.8, 4) is 0 Å². The van der Waals surface area contributed by atoms with Crippen molar-refractivity contribution in [3.05, 3.63) is 35.9 Å². The van der Waals surface area contributed by atoms with Crippen LogP contribution >= 0.6 is 0 Å². The first kappa shape index (κ1) is 18.0. The minimum absolute atomic E-state index is 0.342. The van der Waals surface area contributed by atoms with Crippen LogP contribution in [0.1, 0.15) is 55.3 Å². The number of nitrogens with one attached hydrogen (secondary N) is 2. The number of carbonyl (C=O) groups excluding carboxylic acids is 3. The van der Waals surface area contributed by atoms with Gasteiger partial charge in [-0.1, -0.05) is 50.3 Å². The third-order valence-corrected chi connectivity index (χ3v) is 4.20. The highest BCUT2D eigenvalue weighted by atomic mass is 16.5. The molecular formula is C18H24N2O4. The summed E-state index contributed by atoms with van der Waals surface area (Å²) >= 11 is 0. The summed E-state index contributed by atoms with van der Waals surface area (Å²) in [6, 6.07) is 8.51. The van der Waals surface area contributed by atoms with Gasteiger partial charge in [0.2, 0.25) is 0 Å². The van der Waals surface area contributed by atoms with Crippen LogP contribution in [0.2, 0.25) is 0 Å². The van der Waals surface area contributed by atoms with Gasteiger partial charge < -0.3 is 4.74 Å². The Morgan fingerprint density at radius 3 is 2.42 bits per heavy atom. The first-order valence-corrected chi connectivity index (χ1v) is 8.45. The Morgan fingerprint density at radius 2 is 1.71 bits per heavy atom. The molecule has 1 saturated carbocycles. The molecule has 6 nitrogen and oxygen atoms in total. The topological polar surface area (TPSA) is 84.5 Å². The number of hydrazine groups is 1. The van der Waals surface area contributed by atoms with Crippen LogP contribution < -0.4 is 10.9 Å². The molecular weight excluding hydrogens is 308 g/mol. The van der Waals surface area contributed by atoms with E-state index in [9.17, 15) is 14.4 Å². The zero-order chi connectivity index (χ0) is 17.2. The Morgan fingerprint density at radius 1 is 1.00 bits per heavy atom. The van der Waals surface area contributed by atoms with Gasteiger partial charge in [0.05, 0.1) is 0 Å². The molecule has 6 heteroatoms. The summed E-state index contributed by atoms with van der Waals surface area (Å²) in [5.74, 6) is -0.756. The molecule has 2 amide bonds. The van der Waals surface area contributed by atoms with Gasteiger partial charge in [0, 0.05) is 12.0 Å². The van der Waals surface area contributed by atoms with E-state index in [1.807, 2.05) is 0 Å². The summed E-state index contributed by atoms with van der Waals surface area (Å²) < 4.78 is 4.93. The van der Waals surface area contributed by atoms with Gasteiger partial charge >= 0.3 is 5.97 Å². The van der Waals surface area contributed by atoms with Gasteiger partial charge in [-0.2, -0.15) is 0 Å². The van der Waals surface area contributed by atoms with Crippen molar-refractivity contribution >= 4 is 17.8 Å².